The van der Waals surface area contributed by atoms with Crippen molar-refractivity contribution in [3.63, 3.8) is 0 Å². The third-order valence-electron chi connectivity index (χ3n) is 6.26. The van der Waals surface area contributed by atoms with Gasteiger partial charge >= 0.3 is 0 Å². The van der Waals surface area contributed by atoms with E-state index in [-0.39, 0.29) is 5.66 Å². The van der Waals surface area contributed by atoms with E-state index >= 15 is 0 Å². The highest BCUT2D eigenvalue weighted by molar-refractivity contribution is 5.08. The van der Waals surface area contributed by atoms with Crippen LogP contribution in [0, 0.1) is 17.3 Å². The van der Waals surface area contributed by atoms with Crippen LogP contribution in [0.1, 0.15) is 53.4 Å². The van der Waals surface area contributed by atoms with Gasteiger partial charge in [0.25, 0.3) is 0 Å². The summed E-state index contributed by atoms with van der Waals surface area (Å²) in [4.78, 5) is 0. The van der Waals surface area contributed by atoms with Gasteiger partial charge in [-0.05, 0) is 51.1 Å². The van der Waals surface area contributed by atoms with Gasteiger partial charge in [-0.25, -0.2) is 0 Å². The lowest BCUT2D eigenvalue weighted by Gasteiger charge is -2.57. The van der Waals surface area contributed by atoms with Gasteiger partial charge in [0.1, 0.15) is 0 Å². The second kappa shape index (κ2) is 5.34. The predicted octanol–water partition coefficient (Wildman–Crippen LogP) is 2.33. The Labute approximate surface area is 119 Å². The standard InChI is InChI=1S/C16H33N3/c1-11-7-8-13(9-15(11,3)4)19-16(18-6)10-14(17-5)12(16)2/h11-14,17-19H,7-10H2,1-6H3/t11?,12-,13+,14?,16+/m1/s1. The number of hydrogen-bond donors (Lipinski definition) is 3. The first-order chi connectivity index (χ1) is 8.84. The smallest absolute Gasteiger partial charge is 0.0743 e. The molecule has 2 aliphatic carbocycles. The summed E-state index contributed by atoms with van der Waals surface area (Å²) in [5.74, 6) is 1.49. The van der Waals surface area contributed by atoms with Crippen LogP contribution in [0.15, 0.2) is 0 Å². The maximum Gasteiger partial charge on any atom is 0.0743 e. The molecule has 2 fully saturated rings. The highest BCUT2D eigenvalue weighted by atomic mass is 15.2. The van der Waals surface area contributed by atoms with Crippen molar-refractivity contribution < 1.29 is 0 Å². The molecule has 3 heteroatoms. The van der Waals surface area contributed by atoms with E-state index < -0.39 is 0 Å². The summed E-state index contributed by atoms with van der Waals surface area (Å²) in [5.41, 5.74) is 0.620. The van der Waals surface area contributed by atoms with E-state index in [9.17, 15) is 0 Å². The van der Waals surface area contributed by atoms with Gasteiger partial charge in [-0.15, -0.1) is 0 Å². The van der Waals surface area contributed by atoms with Crippen LogP contribution in [0.3, 0.4) is 0 Å². The van der Waals surface area contributed by atoms with Crippen LogP contribution in [0.4, 0.5) is 0 Å². The van der Waals surface area contributed by atoms with Crippen LogP contribution in [0.25, 0.3) is 0 Å². The van der Waals surface area contributed by atoms with Crippen LogP contribution in [0.2, 0.25) is 0 Å². The fourth-order valence-corrected chi connectivity index (χ4v) is 4.10. The van der Waals surface area contributed by atoms with Crippen LogP contribution in [0.5, 0.6) is 0 Å². The van der Waals surface area contributed by atoms with Crippen molar-refractivity contribution in [3.8, 4) is 0 Å². The van der Waals surface area contributed by atoms with Gasteiger partial charge < -0.3 is 10.6 Å². The van der Waals surface area contributed by atoms with E-state index in [0.717, 1.165) is 5.92 Å². The van der Waals surface area contributed by atoms with Gasteiger partial charge in [0.05, 0.1) is 5.66 Å². The summed E-state index contributed by atoms with van der Waals surface area (Å²) in [5, 5.41) is 10.9. The highest BCUT2D eigenvalue weighted by Crippen LogP contribution is 2.43. The Morgan fingerprint density at radius 3 is 2.16 bits per heavy atom. The molecule has 0 radical (unpaired) electrons. The van der Waals surface area contributed by atoms with Crippen molar-refractivity contribution in [1.82, 2.24) is 16.0 Å². The van der Waals surface area contributed by atoms with Crippen molar-refractivity contribution in [3.05, 3.63) is 0 Å². The predicted molar refractivity (Wildman–Crippen MR) is 82.1 cm³/mol. The maximum atomic E-state index is 3.96. The largest absolute Gasteiger partial charge is 0.316 e. The molecule has 0 aromatic carbocycles. The fraction of sp³-hybridized carbons (Fsp3) is 1.00. The van der Waals surface area contributed by atoms with Crippen LogP contribution < -0.4 is 16.0 Å². The molecule has 0 bridgehead atoms. The monoisotopic (exact) mass is 267 g/mol. The average molecular weight is 267 g/mol. The summed E-state index contributed by atoms with van der Waals surface area (Å²) in [6, 6.07) is 1.31. The Morgan fingerprint density at radius 1 is 1.00 bits per heavy atom. The number of hydrogen-bond acceptors (Lipinski definition) is 3. The lowest BCUT2D eigenvalue weighted by atomic mass is 9.65. The second-order valence-electron chi connectivity index (χ2n) is 7.62. The molecule has 0 aliphatic heterocycles. The molecule has 0 saturated heterocycles. The molecule has 2 unspecified atom stereocenters. The van der Waals surface area contributed by atoms with E-state index in [0.29, 0.717) is 23.4 Å². The van der Waals surface area contributed by atoms with E-state index in [2.05, 4.69) is 57.7 Å². The number of nitrogens with one attached hydrogen (secondary N) is 3. The minimum absolute atomic E-state index is 0.148. The summed E-state index contributed by atoms with van der Waals surface area (Å²) < 4.78 is 0. The Bertz CT molecular complexity index is 315. The third-order valence-corrected chi connectivity index (χ3v) is 6.26. The first-order valence-electron chi connectivity index (χ1n) is 7.98. The molecule has 0 aromatic rings. The van der Waals surface area contributed by atoms with Crippen molar-refractivity contribution in [2.75, 3.05) is 14.1 Å². The molecular formula is C16H33N3. The molecule has 0 heterocycles. The molecule has 2 aliphatic rings. The minimum atomic E-state index is 0.148. The molecule has 112 valence electrons. The van der Waals surface area contributed by atoms with Crippen LogP contribution in [-0.4, -0.2) is 31.8 Å². The van der Waals surface area contributed by atoms with Gasteiger partial charge in [0.2, 0.25) is 0 Å². The van der Waals surface area contributed by atoms with E-state index in [4.69, 9.17) is 0 Å². The Hall–Kier alpha value is -0.120. The highest BCUT2D eigenvalue weighted by Gasteiger charge is 2.51. The zero-order valence-corrected chi connectivity index (χ0v) is 13.6. The van der Waals surface area contributed by atoms with Gasteiger partial charge in [-0.3, -0.25) is 5.32 Å². The topological polar surface area (TPSA) is 36.1 Å². The summed E-state index contributed by atoms with van der Waals surface area (Å²) in [7, 11) is 4.18. The van der Waals surface area contributed by atoms with E-state index in [1.807, 2.05) is 0 Å². The summed E-state index contributed by atoms with van der Waals surface area (Å²) in [6.07, 6.45) is 5.17. The molecule has 2 saturated carbocycles. The first-order valence-corrected chi connectivity index (χ1v) is 7.98. The van der Waals surface area contributed by atoms with Crippen LogP contribution in [-0.2, 0) is 0 Å². The fourth-order valence-electron chi connectivity index (χ4n) is 4.10. The Morgan fingerprint density at radius 2 is 1.68 bits per heavy atom. The lowest BCUT2D eigenvalue weighted by molar-refractivity contribution is -0.00308. The SMILES string of the molecule is CNC1C[C@](NC)(N[C@H]2CCC(C)C(C)(C)C2)[C@@H]1C. The third kappa shape index (κ3) is 2.70. The molecular weight excluding hydrogens is 234 g/mol. The molecule has 19 heavy (non-hydrogen) atoms. The molecule has 3 nitrogen and oxygen atoms in total. The molecule has 3 N–H and O–H groups in total. The zero-order valence-electron chi connectivity index (χ0n) is 13.6. The normalized spacial score (nSPS) is 45.8. The summed E-state index contributed by atoms with van der Waals surface area (Å²) >= 11 is 0. The minimum Gasteiger partial charge on any atom is -0.316 e. The average Bonchev–Trinajstić information content (AvgIpc) is 2.37. The molecule has 2 rings (SSSR count). The van der Waals surface area contributed by atoms with Gasteiger partial charge in [0, 0.05) is 18.0 Å². The van der Waals surface area contributed by atoms with Gasteiger partial charge in [-0.2, -0.15) is 0 Å². The van der Waals surface area contributed by atoms with Gasteiger partial charge in [0.15, 0.2) is 0 Å². The molecule has 0 spiro atoms. The Balaban J connectivity index is 1.97. The van der Waals surface area contributed by atoms with Crippen molar-refractivity contribution >= 4 is 0 Å². The Kier molecular flexibility index (Phi) is 4.29. The number of rotatable bonds is 4. The first kappa shape index (κ1) is 15.3. The van der Waals surface area contributed by atoms with Crippen LogP contribution >= 0.6 is 0 Å². The molecule has 5 atom stereocenters. The lowest BCUT2D eigenvalue weighted by Crippen LogP contribution is -2.75. The quantitative estimate of drug-likeness (QED) is 0.684. The zero-order chi connectivity index (χ0) is 14.3. The molecule has 0 aromatic heterocycles. The van der Waals surface area contributed by atoms with Gasteiger partial charge in [-0.1, -0.05) is 27.7 Å². The van der Waals surface area contributed by atoms with Crippen molar-refractivity contribution in [1.29, 1.82) is 0 Å². The van der Waals surface area contributed by atoms with Crippen molar-refractivity contribution in [2.24, 2.45) is 17.3 Å². The van der Waals surface area contributed by atoms with E-state index in [1.54, 1.807) is 0 Å². The maximum absolute atomic E-state index is 3.96. The second-order valence-corrected chi connectivity index (χ2v) is 7.62. The van der Waals surface area contributed by atoms with Crippen molar-refractivity contribution in [2.45, 2.75) is 71.1 Å². The summed E-state index contributed by atoms with van der Waals surface area (Å²) in [6.45, 7) is 9.62. The molecule has 0 amide bonds. The van der Waals surface area contributed by atoms with E-state index in [1.165, 1.54) is 25.7 Å².